The zero-order valence-electron chi connectivity index (χ0n) is 19.9. The Balaban J connectivity index is 1.67. The van der Waals surface area contributed by atoms with Crippen molar-refractivity contribution in [1.82, 2.24) is 4.57 Å². The number of halogens is 1. The molecule has 0 unspecified atom stereocenters. The summed E-state index contributed by atoms with van der Waals surface area (Å²) >= 11 is 4.57. The lowest BCUT2D eigenvalue weighted by Crippen LogP contribution is -2.40. The Morgan fingerprint density at radius 2 is 1.86 bits per heavy atom. The highest BCUT2D eigenvalue weighted by molar-refractivity contribution is 9.10. The van der Waals surface area contributed by atoms with E-state index >= 15 is 0 Å². The number of rotatable bonds is 5. The number of hydrogen-bond acceptors (Lipinski definition) is 6. The normalized spacial score (nSPS) is 15.2. The Hall–Kier alpha value is -3.95. The quantitative estimate of drug-likeness (QED) is 0.370. The van der Waals surface area contributed by atoms with Gasteiger partial charge in [0, 0.05) is 5.69 Å². The number of hydrogen-bond donors (Lipinski definition) is 2. The lowest BCUT2D eigenvalue weighted by atomic mass is 9.95. The number of aromatic nitrogens is 1. The van der Waals surface area contributed by atoms with Gasteiger partial charge in [0.2, 0.25) is 0 Å². The summed E-state index contributed by atoms with van der Waals surface area (Å²) in [6, 6.07) is 20.8. The van der Waals surface area contributed by atoms with Crippen LogP contribution < -0.4 is 24.9 Å². The number of benzene rings is 3. The number of allylic oxidation sites excluding steroid dienone is 1. The van der Waals surface area contributed by atoms with Gasteiger partial charge in [0.1, 0.15) is 11.5 Å². The molecule has 0 saturated heterocycles. The van der Waals surface area contributed by atoms with Gasteiger partial charge in [-0.25, -0.2) is 4.99 Å². The number of anilines is 1. The molecule has 3 aromatic carbocycles. The van der Waals surface area contributed by atoms with Crippen LogP contribution in [0.25, 0.3) is 6.08 Å². The maximum Gasteiger partial charge on any atom is 0.271 e. The maximum absolute atomic E-state index is 13.8. The van der Waals surface area contributed by atoms with E-state index in [1.807, 2.05) is 30.3 Å². The van der Waals surface area contributed by atoms with E-state index in [1.54, 1.807) is 67.1 Å². The fraction of sp³-hybridized carbons (Fsp3) is 0.107. The van der Waals surface area contributed by atoms with Gasteiger partial charge in [0.15, 0.2) is 4.80 Å². The standard InChI is InChI=1S/C28H22BrN3O4S/c1-16-24(26(34)31-19-6-4-3-5-7-19)25(18-9-11-20(36-2)12-10-18)32-27(35)23(37-28(32)30-16)15-17-8-13-22(33)21(29)14-17/h3-15,25,33H,1-2H3,(H,31,34)/b23-15+/t25-/m0/s1. The molecule has 7 nitrogen and oxygen atoms in total. The molecule has 1 aromatic heterocycles. The Bertz CT molecular complexity index is 1710. The van der Waals surface area contributed by atoms with Gasteiger partial charge >= 0.3 is 0 Å². The highest BCUT2D eigenvalue weighted by Gasteiger charge is 2.32. The molecule has 0 bridgehead atoms. The molecular weight excluding hydrogens is 554 g/mol. The number of phenolic OH excluding ortho intramolecular Hbond substituents is 1. The molecule has 0 fully saturated rings. The lowest BCUT2D eigenvalue weighted by Gasteiger charge is -2.25. The summed E-state index contributed by atoms with van der Waals surface area (Å²) < 4.78 is 7.87. The molecule has 2 N–H and O–H groups in total. The number of ether oxygens (including phenoxy) is 1. The van der Waals surface area contributed by atoms with Crippen LogP contribution in [0, 0.1) is 0 Å². The third-order valence-corrected chi connectivity index (χ3v) is 7.62. The molecule has 1 atom stereocenters. The van der Waals surface area contributed by atoms with E-state index in [9.17, 15) is 14.7 Å². The Labute approximate surface area is 224 Å². The summed E-state index contributed by atoms with van der Waals surface area (Å²) in [4.78, 5) is 32.5. The molecule has 0 spiro atoms. The zero-order chi connectivity index (χ0) is 26.1. The van der Waals surface area contributed by atoms with Crippen LogP contribution in [-0.2, 0) is 4.79 Å². The van der Waals surface area contributed by atoms with Gasteiger partial charge in [-0.3, -0.25) is 14.2 Å². The van der Waals surface area contributed by atoms with Crippen molar-refractivity contribution in [2.75, 3.05) is 12.4 Å². The molecule has 5 rings (SSSR count). The average Bonchev–Trinajstić information content (AvgIpc) is 3.20. The van der Waals surface area contributed by atoms with Crippen LogP contribution in [0.5, 0.6) is 11.5 Å². The highest BCUT2D eigenvalue weighted by Crippen LogP contribution is 2.32. The number of nitrogens with zero attached hydrogens (tertiary/aromatic N) is 2. The second-order valence-corrected chi connectivity index (χ2v) is 10.2. The minimum absolute atomic E-state index is 0.114. The summed E-state index contributed by atoms with van der Waals surface area (Å²) in [7, 11) is 1.59. The van der Waals surface area contributed by atoms with E-state index < -0.39 is 6.04 Å². The van der Waals surface area contributed by atoms with Crippen molar-refractivity contribution in [3.8, 4) is 11.5 Å². The number of methoxy groups -OCH3 is 1. The molecule has 0 aliphatic carbocycles. The van der Waals surface area contributed by atoms with Crippen LogP contribution in [0.3, 0.4) is 0 Å². The minimum atomic E-state index is -0.681. The number of para-hydroxylation sites is 1. The second kappa shape index (κ2) is 10.2. The average molecular weight is 576 g/mol. The summed E-state index contributed by atoms with van der Waals surface area (Å²) in [5, 5.41) is 12.8. The maximum atomic E-state index is 13.8. The highest BCUT2D eigenvalue weighted by atomic mass is 79.9. The Morgan fingerprint density at radius 1 is 1.14 bits per heavy atom. The monoisotopic (exact) mass is 575 g/mol. The molecule has 1 amide bonds. The smallest absolute Gasteiger partial charge is 0.271 e. The molecule has 0 radical (unpaired) electrons. The second-order valence-electron chi connectivity index (χ2n) is 8.39. The van der Waals surface area contributed by atoms with Crippen LogP contribution in [0.2, 0.25) is 0 Å². The van der Waals surface area contributed by atoms with Crippen molar-refractivity contribution >= 4 is 44.9 Å². The first-order valence-electron chi connectivity index (χ1n) is 11.4. The molecule has 1 aliphatic rings. The fourth-order valence-corrected chi connectivity index (χ4v) is 5.64. The summed E-state index contributed by atoms with van der Waals surface area (Å²) in [5.74, 6) is 0.456. The van der Waals surface area contributed by atoms with Gasteiger partial charge in [-0.05, 0) is 76.5 Å². The first-order chi connectivity index (χ1) is 17.9. The predicted octanol–water partition coefficient (Wildman–Crippen LogP) is 4.35. The van der Waals surface area contributed by atoms with E-state index in [-0.39, 0.29) is 17.2 Å². The number of phenols is 1. The molecular formula is C28H22BrN3O4S. The predicted molar refractivity (Wildman–Crippen MR) is 148 cm³/mol. The lowest BCUT2D eigenvalue weighted by molar-refractivity contribution is -0.113. The Morgan fingerprint density at radius 3 is 2.54 bits per heavy atom. The van der Waals surface area contributed by atoms with E-state index in [0.717, 1.165) is 11.1 Å². The number of carbonyl (C=O) groups is 1. The first-order valence-corrected chi connectivity index (χ1v) is 13.0. The number of nitrogens with one attached hydrogen (secondary N) is 1. The van der Waals surface area contributed by atoms with Crippen molar-refractivity contribution in [3.63, 3.8) is 0 Å². The largest absolute Gasteiger partial charge is 0.507 e. The summed E-state index contributed by atoms with van der Waals surface area (Å²) in [5.41, 5.74) is 2.82. The van der Waals surface area contributed by atoms with Gasteiger partial charge < -0.3 is 15.2 Å². The SMILES string of the molecule is COc1ccc([C@H]2C(C(=O)Nc3ccccc3)=C(C)N=c3s/c(=C/c4ccc(O)c(Br)c4)c(=O)n32)cc1. The molecule has 4 aromatic rings. The Kier molecular flexibility index (Phi) is 6.82. The van der Waals surface area contributed by atoms with Gasteiger partial charge in [-0.1, -0.05) is 47.7 Å². The van der Waals surface area contributed by atoms with Gasteiger partial charge in [-0.15, -0.1) is 0 Å². The van der Waals surface area contributed by atoms with E-state index in [4.69, 9.17) is 4.74 Å². The van der Waals surface area contributed by atoms with E-state index in [1.165, 1.54) is 11.3 Å². The first kappa shape index (κ1) is 24.7. The van der Waals surface area contributed by atoms with Gasteiger partial charge in [-0.2, -0.15) is 0 Å². The number of carbonyl (C=O) groups excluding carboxylic acids is 1. The molecule has 1 aliphatic heterocycles. The van der Waals surface area contributed by atoms with Crippen molar-refractivity contribution in [3.05, 3.63) is 119 Å². The molecule has 2 heterocycles. The fourth-order valence-electron chi connectivity index (χ4n) is 4.20. The molecule has 37 heavy (non-hydrogen) atoms. The third kappa shape index (κ3) is 4.87. The van der Waals surface area contributed by atoms with Crippen molar-refractivity contribution < 1.29 is 14.6 Å². The summed E-state index contributed by atoms with van der Waals surface area (Å²) in [6.45, 7) is 1.78. The number of aromatic hydroxyl groups is 1. The van der Waals surface area contributed by atoms with Gasteiger partial charge in [0.05, 0.1) is 33.4 Å². The number of fused-ring (bicyclic) bond motifs is 1. The van der Waals surface area contributed by atoms with Crippen molar-refractivity contribution in [1.29, 1.82) is 0 Å². The van der Waals surface area contributed by atoms with Crippen LogP contribution in [-0.4, -0.2) is 22.7 Å². The number of amides is 1. The number of thiazole rings is 1. The van der Waals surface area contributed by atoms with Crippen LogP contribution in [0.4, 0.5) is 5.69 Å². The third-order valence-electron chi connectivity index (χ3n) is 6.00. The van der Waals surface area contributed by atoms with Gasteiger partial charge in [0.25, 0.3) is 11.5 Å². The topological polar surface area (TPSA) is 92.9 Å². The van der Waals surface area contributed by atoms with Crippen LogP contribution >= 0.6 is 27.3 Å². The van der Waals surface area contributed by atoms with Crippen molar-refractivity contribution in [2.24, 2.45) is 4.99 Å². The molecule has 9 heteroatoms. The molecule has 0 saturated carbocycles. The van der Waals surface area contributed by atoms with E-state index in [0.29, 0.717) is 36.5 Å². The van der Waals surface area contributed by atoms with E-state index in [2.05, 4.69) is 26.2 Å². The molecule has 186 valence electrons. The zero-order valence-corrected chi connectivity index (χ0v) is 22.3. The van der Waals surface area contributed by atoms with Crippen LogP contribution in [0.15, 0.2) is 98.3 Å². The summed E-state index contributed by atoms with van der Waals surface area (Å²) in [6.07, 6.45) is 1.75. The minimum Gasteiger partial charge on any atom is -0.507 e. The van der Waals surface area contributed by atoms with Crippen molar-refractivity contribution in [2.45, 2.75) is 13.0 Å². The van der Waals surface area contributed by atoms with Crippen LogP contribution in [0.1, 0.15) is 24.1 Å².